The van der Waals surface area contributed by atoms with Crippen LogP contribution in [0.2, 0.25) is 0 Å². The van der Waals surface area contributed by atoms with Crippen molar-refractivity contribution in [2.75, 3.05) is 11.5 Å². The third kappa shape index (κ3) is 2.07. The van der Waals surface area contributed by atoms with Gasteiger partial charge in [0.05, 0.1) is 5.75 Å². The van der Waals surface area contributed by atoms with E-state index in [2.05, 4.69) is 0 Å². The first-order valence-electron chi connectivity index (χ1n) is 5.48. The minimum absolute atomic E-state index is 0.161. The van der Waals surface area contributed by atoms with Crippen LogP contribution in [0.5, 0.6) is 5.75 Å². The van der Waals surface area contributed by atoms with E-state index in [1.54, 1.807) is 19.1 Å². The number of sulfone groups is 1. The molecular weight excluding hydrogens is 224 g/mol. The van der Waals surface area contributed by atoms with Crippen LogP contribution in [0.3, 0.4) is 0 Å². The Labute approximate surface area is 96.0 Å². The number of rotatable bonds is 4. The molecule has 88 valence electrons. The standard InChI is InChI=1S/C12H16O3S/c1-2-16(14,15)9-12(7-8-12)10-5-3-4-6-11(10)13/h3-6,13H,2,7-9H2,1H3. The van der Waals surface area contributed by atoms with Gasteiger partial charge < -0.3 is 5.11 Å². The zero-order valence-corrected chi connectivity index (χ0v) is 10.1. The summed E-state index contributed by atoms with van der Waals surface area (Å²) >= 11 is 0. The Morgan fingerprint density at radius 2 is 1.94 bits per heavy atom. The molecule has 0 amide bonds. The third-order valence-electron chi connectivity index (χ3n) is 3.26. The predicted molar refractivity (Wildman–Crippen MR) is 63.3 cm³/mol. The summed E-state index contributed by atoms with van der Waals surface area (Å²) in [6, 6.07) is 7.04. The normalized spacial score (nSPS) is 18.3. The molecule has 0 aromatic heterocycles. The predicted octanol–water partition coefficient (Wildman–Crippen LogP) is 1.86. The molecule has 0 aliphatic heterocycles. The van der Waals surface area contributed by atoms with Crippen molar-refractivity contribution in [3.8, 4) is 5.75 Å². The number of hydrogen-bond donors (Lipinski definition) is 1. The molecule has 0 atom stereocenters. The van der Waals surface area contributed by atoms with Crippen molar-refractivity contribution in [3.05, 3.63) is 29.8 Å². The number of aromatic hydroxyl groups is 1. The quantitative estimate of drug-likeness (QED) is 0.874. The second kappa shape index (κ2) is 3.77. The fourth-order valence-corrected chi connectivity index (χ4v) is 3.58. The first-order valence-corrected chi connectivity index (χ1v) is 7.30. The van der Waals surface area contributed by atoms with Crippen molar-refractivity contribution >= 4 is 9.84 Å². The van der Waals surface area contributed by atoms with Gasteiger partial charge >= 0.3 is 0 Å². The Bertz CT molecular complexity index is 487. The maximum absolute atomic E-state index is 11.7. The van der Waals surface area contributed by atoms with Crippen LogP contribution < -0.4 is 0 Å². The highest BCUT2D eigenvalue weighted by Crippen LogP contribution is 2.51. The number of benzene rings is 1. The fourth-order valence-electron chi connectivity index (χ4n) is 2.09. The van der Waals surface area contributed by atoms with E-state index in [0.29, 0.717) is 0 Å². The maximum atomic E-state index is 11.7. The molecule has 1 aromatic carbocycles. The van der Waals surface area contributed by atoms with E-state index in [1.165, 1.54) is 0 Å². The van der Waals surface area contributed by atoms with Crippen molar-refractivity contribution in [3.63, 3.8) is 0 Å². The molecule has 16 heavy (non-hydrogen) atoms. The average molecular weight is 240 g/mol. The highest BCUT2D eigenvalue weighted by molar-refractivity contribution is 7.91. The van der Waals surface area contributed by atoms with Crippen molar-refractivity contribution in [2.24, 2.45) is 0 Å². The van der Waals surface area contributed by atoms with Gasteiger partial charge in [-0.1, -0.05) is 25.1 Å². The van der Waals surface area contributed by atoms with Gasteiger partial charge in [0.2, 0.25) is 0 Å². The molecule has 1 aromatic rings. The zero-order chi connectivity index (χ0) is 11.8. The third-order valence-corrected chi connectivity index (χ3v) is 5.14. The molecule has 1 aliphatic rings. The lowest BCUT2D eigenvalue weighted by atomic mass is 9.97. The van der Waals surface area contributed by atoms with Gasteiger partial charge in [0.15, 0.2) is 9.84 Å². The monoisotopic (exact) mass is 240 g/mol. The van der Waals surface area contributed by atoms with E-state index in [9.17, 15) is 13.5 Å². The zero-order valence-electron chi connectivity index (χ0n) is 9.31. The summed E-state index contributed by atoms with van der Waals surface area (Å²) in [6.45, 7) is 1.66. The smallest absolute Gasteiger partial charge is 0.150 e. The highest BCUT2D eigenvalue weighted by atomic mass is 32.2. The Morgan fingerprint density at radius 3 is 2.44 bits per heavy atom. The molecule has 0 spiro atoms. The molecule has 1 saturated carbocycles. The van der Waals surface area contributed by atoms with Gasteiger partial charge in [-0.05, 0) is 18.9 Å². The Balaban J connectivity index is 2.31. The topological polar surface area (TPSA) is 54.4 Å². The van der Waals surface area contributed by atoms with Crippen molar-refractivity contribution in [1.82, 2.24) is 0 Å². The van der Waals surface area contributed by atoms with E-state index in [-0.39, 0.29) is 22.7 Å². The van der Waals surface area contributed by atoms with Crippen molar-refractivity contribution in [1.29, 1.82) is 0 Å². The summed E-state index contributed by atoms with van der Waals surface area (Å²) < 4.78 is 23.3. The summed E-state index contributed by atoms with van der Waals surface area (Å²) in [7, 11) is -2.99. The highest BCUT2D eigenvalue weighted by Gasteiger charge is 2.48. The van der Waals surface area contributed by atoms with Crippen LogP contribution in [0.4, 0.5) is 0 Å². The molecule has 1 fully saturated rings. The number of phenols is 1. The van der Waals surface area contributed by atoms with Gasteiger partial charge in [0.25, 0.3) is 0 Å². The van der Waals surface area contributed by atoms with Gasteiger partial charge in [-0.15, -0.1) is 0 Å². The summed E-state index contributed by atoms with van der Waals surface area (Å²) in [5.41, 5.74) is 0.465. The van der Waals surface area contributed by atoms with Crippen LogP contribution in [0.15, 0.2) is 24.3 Å². The SMILES string of the molecule is CCS(=O)(=O)CC1(c2ccccc2O)CC1. The van der Waals surface area contributed by atoms with Crippen LogP contribution >= 0.6 is 0 Å². The minimum atomic E-state index is -2.99. The van der Waals surface area contributed by atoms with E-state index in [4.69, 9.17) is 0 Å². The first kappa shape index (κ1) is 11.5. The van der Waals surface area contributed by atoms with Crippen molar-refractivity contribution < 1.29 is 13.5 Å². The molecule has 1 aliphatic carbocycles. The largest absolute Gasteiger partial charge is 0.508 e. The minimum Gasteiger partial charge on any atom is -0.508 e. The maximum Gasteiger partial charge on any atom is 0.150 e. The van der Waals surface area contributed by atoms with Crippen molar-refractivity contribution in [2.45, 2.75) is 25.2 Å². The lowest BCUT2D eigenvalue weighted by Crippen LogP contribution is -2.22. The molecule has 2 rings (SSSR count). The van der Waals surface area contributed by atoms with Gasteiger partial charge in [-0.25, -0.2) is 8.42 Å². The average Bonchev–Trinajstić information content (AvgIpc) is 2.99. The molecule has 0 radical (unpaired) electrons. The molecule has 0 heterocycles. The summed E-state index contributed by atoms with van der Waals surface area (Å²) in [6.07, 6.45) is 1.70. The van der Waals surface area contributed by atoms with Gasteiger partial charge in [-0.3, -0.25) is 0 Å². The Morgan fingerprint density at radius 1 is 1.31 bits per heavy atom. The Hall–Kier alpha value is -1.03. The molecular formula is C12H16O3S. The second-order valence-electron chi connectivity index (χ2n) is 4.47. The molecule has 0 bridgehead atoms. The van der Waals surface area contributed by atoms with E-state index in [1.807, 2.05) is 12.1 Å². The fraction of sp³-hybridized carbons (Fsp3) is 0.500. The van der Waals surface area contributed by atoms with E-state index in [0.717, 1.165) is 18.4 Å². The van der Waals surface area contributed by atoms with Crippen LogP contribution in [0.25, 0.3) is 0 Å². The Kier molecular flexibility index (Phi) is 2.70. The van der Waals surface area contributed by atoms with Gasteiger partial charge in [0, 0.05) is 16.7 Å². The summed E-state index contributed by atoms with van der Waals surface area (Å²) in [5, 5.41) is 9.76. The number of phenolic OH excluding ortho intramolecular Hbond substituents is 1. The molecule has 3 nitrogen and oxygen atoms in total. The van der Waals surface area contributed by atoms with Crippen LogP contribution in [-0.2, 0) is 15.3 Å². The number of para-hydroxylation sites is 1. The van der Waals surface area contributed by atoms with E-state index < -0.39 is 9.84 Å². The second-order valence-corrected chi connectivity index (χ2v) is 6.83. The lowest BCUT2D eigenvalue weighted by molar-refractivity contribution is 0.461. The molecule has 4 heteroatoms. The van der Waals surface area contributed by atoms with Crippen LogP contribution in [0, 0.1) is 0 Å². The summed E-state index contributed by atoms with van der Waals surface area (Å²) in [5.74, 6) is 0.544. The molecule has 0 unspecified atom stereocenters. The number of hydrogen-bond acceptors (Lipinski definition) is 3. The summed E-state index contributed by atoms with van der Waals surface area (Å²) in [4.78, 5) is 0. The first-order chi connectivity index (χ1) is 7.49. The lowest BCUT2D eigenvalue weighted by Gasteiger charge is -2.16. The van der Waals surface area contributed by atoms with Gasteiger partial charge in [-0.2, -0.15) is 0 Å². The molecule has 1 N–H and O–H groups in total. The van der Waals surface area contributed by atoms with E-state index >= 15 is 0 Å². The molecule has 0 saturated heterocycles. The van der Waals surface area contributed by atoms with Crippen LogP contribution in [0.1, 0.15) is 25.3 Å². The van der Waals surface area contributed by atoms with Crippen LogP contribution in [-0.4, -0.2) is 25.0 Å². The van der Waals surface area contributed by atoms with Gasteiger partial charge in [0.1, 0.15) is 5.75 Å².